The second-order valence-electron chi connectivity index (χ2n) is 18.1. The quantitative estimate of drug-likeness (QED) is 0.0164. The Morgan fingerprint density at radius 3 is 2.16 bits per heavy atom. The summed E-state index contributed by atoms with van der Waals surface area (Å²) in [5, 5.41) is 23.9. The van der Waals surface area contributed by atoms with Gasteiger partial charge in [0.05, 0.1) is 36.6 Å². The van der Waals surface area contributed by atoms with E-state index in [0.29, 0.717) is 84.4 Å². The molecule has 0 spiro atoms. The molecule has 0 bridgehead atoms. The number of nitrogens with zero attached hydrogens (tertiary/aromatic N) is 3. The van der Waals surface area contributed by atoms with Crippen molar-refractivity contribution in [3.63, 3.8) is 0 Å². The SMILES string of the molecule is CCC(C=O)c1cc2n(c(=O)c1COC)Cc1c-2nc2cc(F)c(C)c3c2c1CCC3.NC(=O)C1(OCNC(=O)CNC(=O)C([CH2][Pb])NC(=O)CNC(=O)CNC(=O)C(CNCC(=O)O)N2C(=O)C=CC2=O)CCC1. The number of aliphatic carboxylic acids is 1. The number of hydrogen-bond acceptors (Lipinski definition) is 15. The van der Waals surface area contributed by atoms with E-state index < -0.39 is 104 Å². The van der Waals surface area contributed by atoms with Crippen molar-refractivity contribution < 1.29 is 66.9 Å². The first-order valence-corrected chi connectivity index (χ1v) is 26.8. The van der Waals surface area contributed by atoms with Gasteiger partial charge in [0.25, 0.3) is 17.4 Å². The molecule has 3 unspecified atom stereocenters. The molecule has 1 aromatic carbocycles. The van der Waals surface area contributed by atoms with Gasteiger partial charge in [0.15, 0.2) is 0 Å². The molecule has 3 aromatic rings. The topological polar surface area (TPSA) is 346 Å². The van der Waals surface area contributed by atoms with Crippen LogP contribution in [-0.2, 0) is 83.4 Å². The molecule has 3 radical (unpaired) electrons. The first-order valence-electron chi connectivity index (χ1n) is 24.1. The number of aldehydes is 1. The van der Waals surface area contributed by atoms with E-state index in [2.05, 4.69) is 31.9 Å². The van der Waals surface area contributed by atoms with Crippen molar-refractivity contribution in [3.05, 3.63) is 73.8 Å². The molecular weight excluding hydrogens is 1180 g/mol. The summed E-state index contributed by atoms with van der Waals surface area (Å²) in [6, 6.07) is 1.01. The van der Waals surface area contributed by atoms with Crippen molar-refractivity contribution in [1.29, 1.82) is 0 Å². The van der Waals surface area contributed by atoms with E-state index in [0.717, 1.165) is 66.3 Å². The van der Waals surface area contributed by atoms with Crippen LogP contribution in [0.5, 0.6) is 0 Å². The Kier molecular flexibility index (Phi) is 19.6. The number of methoxy groups -OCH3 is 1. The van der Waals surface area contributed by atoms with Crippen LogP contribution in [0.2, 0.25) is 3.98 Å². The zero-order chi connectivity index (χ0) is 54.7. The van der Waals surface area contributed by atoms with Crippen LogP contribution in [-0.4, -0.2) is 169 Å². The summed E-state index contributed by atoms with van der Waals surface area (Å²) in [5.41, 5.74) is 11.4. The third-order valence-electron chi connectivity index (χ3n) is 13.4. The summed E-state index contributed by atoms with van der Waals surface area (Å²) in [7, 11) is 1.55. The molecule has 9 N–H and O–H groups in total. The number of nitrogens with two attached hydrogens (primary N) is 1. The minimum absolute atomic E-state index is 0.137. The molecule has 8 amide bonds. The number of ether oxygens (including phenoxy) is 2. The number of benzene rings is 1. The van der Waals surface area contributed by atoms with Crippen LogP contribution in [0.3, 0.4) is 0 Å². The van der Waals surface area contributed by atoms with Crippen LogP contribution in [0.1, 0.15) is 78.3 Å². The van der Waals surface area contributed by atoms with E-state index >= 15 is 0 Å². The molecule has 0 saturated heterocycles. The van der Waals surface area contributed by atoms with Crippen molar-refractivity contribution in [2.75, 3.05) is 46.6 Å². The van der Waals surface area contributed by atoms with Gasteiger partial charge in [0.1, 0.15) is 12.1 Å². The number of carboxylic acid groups (broad SMARTS) is 1. The predicted octanol–water partition coefficient (Wildman–Crippen LogP) is -1.93. The van der Waals surface area contributed by atoms with E-state index in [9.17, 15) is 57.1 Å². The number of hydrogen-bond donors (Lipinski definition) is 8. The number of primary amides is 1. The van der Waals surface area contributed by atoms with Gasteiger partial charge in [-0.25, -0.2) is 9.37 Å². The Bertz CT molecular complexity index is 2890. The third kappa shape index (κ3) is 13.2. The molecule has 2 aliphatic carbocycles. The second kappa shape index (κ2) is 25.6. The molecule has 24 nitrogen and oxygen atoms in total. The number of aryl methyl sites for hydroxylation is 2. The van der Waals surface area contributed by atoms with Gasteiger partial charge in [-0.05, 0) is 60.9 Å². The van der Waals surface area contributed by atoms with Gasteiger partial charge >= 0.3 is 212 Å². The molecule has 75 heavy (non-hydrogen) atoms. The van der Waals surface area contributed by atoms with Crippen LogP contribution in [0, 0.1) is 12.7 Å². The van der Waals surface area contributed by atoms with E-state index in [4.69, 9.17) is 25.3 Å². The monoisotopic (exact) mass is 1240 g/mol. The van der Waals surface area contributed by atoms with Gasteiger partial charge in [0.2, 0.25) is 0 Å². The standard InChI is InChI=1S/C25H25FN2O3.C24H33N8O11.Pb/c1-4-14(11-29)17-8-22-24-18(10-28(22)25(30)19(17)12-31-3)16-7-5-6-15-13(2)20(26)9-21(27-24)23(15)16;1-13(21(40)28-9-16(34)30-12-43-24(23(25)42)5-2-6-24)31-17(35)10-27-15(33)8-29-22(41)14(7-26-11-20(38)39)32-18(36)3-4-19(32)37;/h8-9,11,14H,4-7,10,12H2,1-3H3;3-4,13-14,26H,1-2,5-12H2,(H2,25,42)(H,27,33)(H,28,40)(H,29,41)(H,30,34)(H,31,35)(H,38,39);. The molecule has 4 aliphatic rings. The number of imide groups is 1. The van der Waals surface area contributed by atoms with Gasteiger partial charge in [-0.15, -0.1) is 0 Å². The summed E-state index contributed by atoms with van der Waals surface area (Å²) in [6.45, 7) is 1.53. The number of pyridine rings is 2. The number of rotatable bonds is 24. The maximum absolute atomic E-state index is 14.6. The Balaban J connectivity index is 0.000000257. The Morgan fingerprint density at radius 1 is 0.907 bits per heavy atom. The molecule has 2 aliphatic heterocycles. The van der Waals surface area contributed by atoms with Gasteiger partial charge < -0.3 is 24.5 Å². The number of carbonyl (C=O) groups is 10. The molecule has 3 atom stereocenters. The summed E-state index contributed by atoms with van der Waals surface area (Å²) < 4.78 is 27.3. The molecule has 26 heteroatoms. The van der Waals surface area contributed by atoms with Crippen molar-refractivity contribution in [3.8, 4) is 11.4 Å². The fraction of sp³-hybridized carbons (Fsp3) is 0.469. The molecule has 399 valence electrons. The van der Waals surface area contributed by atoms with Gasteiger partial charge in [-0.3, -0.25) is 19.2 Å². The third-order valence-corrected chi connectivity index (χ3v) is 15.0. The number of amides is 8. The van der Waals surface area contributed by atoms with Crippen LogP contribution >= 0.6 is 0 Å². The number of carbonyl (C=O) groups excluding carboxylic acids is 9. The van der Waals surface area contributed by atoms with Crippen molar-refractivity contribution in [1.82, 2.24) is 46.4 Å². The van der Waals surface area contributed by atoms with Gasteiger partial charge in [-0.1, -0.05) is 6.92 Å². The van der Waals surface area contributed by atoms with E-state index in [-0.39, 0.29) is 34.6 Å². The first-order chi connectivity index (χ1) is 35.8. The number of nitrogens with one attached hydrogen (secondary N) is 6. The van der Waals surface area contributed by atoms with E-state index in [1.165, 1.54) is 11.6 Å². The minimum atomic E-state index is -1.45. The van der Waals surface area contributed by atoms with Crippen molar-refractivity contribution in [2.45, 2.75) is 99.5 Å². The van der Waals surface area contributed by atoms with E-state index in [1.54, 1.807) is 11.7 Å². The summed E-state index contributed by atoms with van der Waals surface area (Å²) in [6.07, 6.45) is 7.77. The summed E-state index contributed by atoms with van der Waals surface area (Å²) >= 11 is 0.508. The number of carboxylic acids is 1. The molecule has 4 heterocycles. The molecule has 1 saturated carbocycles. The summed E-state index contributed by atoms with van der Waals surface area (Å²) in [5.74, 6) is -7.74. The number of fused-ring (bicyclic) bond motifs is 4. The number of aromatic nitrogens is 2. The van der Waals surface area contributed by atoms with Crippen LogP contribution in [0.4, 0.5) is 4.39 Å². The fourth-order valence-electron chi connectivity index (χ4n) is 9.22. The molecular formula is C49H58FN10O14Pb. The van der Waals surface area contributed by atoms with E-state index in [1.807, 2.05) is 19.9 Å². The number of halogens is 1. The average Bonchev–Trinajstić information content (AvgIpc) is 3.91. The van der Waals surface area contributed by atoms with Crippen molar-refractivity contribution >= 4 is 96.2 Å². The fourth-order valence-corrected chi connectivity index (χ4v) is 10.3. The van der Waals surface area contributed by atoms with Crippen molar-refractivity contribution in [2.24, 2.45) is 5.73 Å². The Hall–Kier alpha value is -6.85. The van der Waals surface area contributed by atoms with Crippen LogP contribution < -0.4 is 43.2 Å². The molecule has 7 rings (SSSR count). The maximum atomic E-state index is 14.6. The van der Waals surface area contributed by atoms with Crippen LogP contribution in [0.25, 0.3) is 22.3 Å². The van der Waals surface area contributed by atoms with Gasteiger partial charge in [0, 0.05) is 47.8 Å². The Morgan fingerprint density at radius 2 is 1.56 bits per heavy atom. The normalized spacial score (nSPS) is 15.8. The molecule has 1 fully saturated rings. The second-order valence-corrected chi connectivity index (χ2v) is 19.7. The Labute approximate surface area is 444 Å². The zero-order valence-corrected chi connectivity index (χ0v) is 45.4. The zero-order valence-electron chi connectivity index (χ0n) is 41.5. The van der Waals surface area contributed by atoms with Gasteiger partial charge in [-0.2, -0.15) is 0 Å². The summed E-state index contributed by atoms with van der Waals surface area (Å²) in [4.78, 5) is 138. The van der Waals surface area contributed by atoms with Crippen LogP contribution in [0.15, 0.2) is 29.1 Å². The molecule has 2 aromatic heterocycles. The average molecular weight is 1240 g/mol. The first kappa shape index (κ1) is 57.4. The predicted molar refractivity (Wildman–Crippen MR) is 264 cm³/mol.